The van der Waals surface area contributed by atoms with E-state index in [1.807, 2.05) is 32.9 Å². The lowest BCUT2D eigenvalue weighted by Crippen LogP contribution is -2.45. The van der Waals surface area contributed by atoms with Crippen LogP contribution in [0, 0.1) is 5.41 Å². The van der Waals surface area contributed by atoms with Gasteiger partial charge in [-0.2, -0.15) is 0 Å². The van der Waals surface area contributed by atoms with Crippen LogP contribution in [0.4, 0.5) is 4.79 Å². The van der Waals surface area contributed by atoms with Gasteiger partial charge >= 0.3 is 6.09 Å². The molecule has 0 saturated heterocycles. The van der Waals surface area contributed by atoms with Crippen LogP contribution in [0.1, 0.15) is 81.8 Å². The van der Waals surface area contributed by atoms with E-state index in [1.165, 1.54) is 11.3 Å². The van der Waals surface area contributed by atoms with Crippen LogP contribution < -0.4 is 9.47 Å². The molecular formula is C27H39NO6S. The summed E-state index contributed by atoms with van der Waals surface area (Å²) in [6.45, 7) is 13.6. The zero-order valence-electron chi connectivity index (χ0n) is 22.1. The maximum Gasteiger partial charge on any atom is 0.414 e. The molecule has 1 aromatic carbocycles. The lowest BCUT2D eigenvalue weighted by atomic mass is 9.78. The minimum Gasteiger partial charge on any atom is -0.493 e. The molecular weight excluding hydrogens is 466 g/mol. The number of aliphatic hydroxyl groups is 1. The van der Waals surface area contributed by atoms with Crippen molar-refractivity contribution in [1.82, 2.24) is 4.90 Å². The summed E-state index contributed by atoms with van der Waals surface area (Å²) in [4.78, 5) is 26.7. The molecule has 1 atom stereocenters. The summed E-state index contributed by atoms with van der Waals surface area (Å²) < 4.78 is 11.5. The Hall–Kier alpha value is -2.58. The normalized spacial score (nSPS) is 13.4. The van der Waals surface area contributed by atoms with Crippen LogP contribution in [-0.4, -0.2) is 53.0 Å². The number of carbonyl (C=O) groups excluding carboxylic acids is 1. The third kappa shape index (κ3) is 6.35. The number of nitrogens with zero attached hydrogens (tertiary/aromatic N) is 1. The van der Waals surface area contributed by atoms with Crippen molar-refractivity contribution in [3.05, 3.63) is 34.0 Å². The van der Waals surface area contributed by atoms with E-state index in [1.54, 1.807) is 33.1 Å². The first-order valence-corrected chi connectivity index (χ1v) is 12.8. The summed E-state index contributed by atoms with van der Waals surface area (Å²) in [5.41, 5.74) is 0.330. The lowest BCUT2D eigenvalue weighted by molar-refractivity contribution is -0.0727. The van der Waals surface area contributed by atoms with Crippen LogP contribution in [0.3, 0.4) is 0 Å². The van der Waals surface area contributed by atoms with Gasteiger partial charge in [0.05, 0.1) is 12.0 Å². The van der Waals surface area contributed by atoms with E-state index in [0.29, 0.717) is 16.4 Å². The highest BCUT2D eigenvalue weighted by Gasteiger charge is 2.36. The van der Waals surface area contributed by atoms with Crippen LogP contribution >= 0.6 is 11.3 Å². The number of rotatable bonds is 10. The number of hydrogen-bond donors (Lipinski definition) is 2. The van der Waals surface area contributed by atoms with Gasteiger partial charge in [-0.15, -0.1) is 11.3 Å². The van der Waals surface area contributed by atoms with E-state index < -0.39 is 17.6 Å². The zero-order chi connectivity index (χ0) is 26.6. The van der Waals surface area contributed by atoms with Crippen LogP contribution in [0.2, 0.25) is 0 Å². The second-order valence-electron chi connectivity index (χ2n) is 9.91. The Balaban J connectivity index is 2.51. The maximum atomic E-state index is 12.9. The van der Waals surface area contributed by atoms with Crippen LogP contribution in [0.15, 0.2) is 24.3 Å². The second kappa shape index (κ2) is 11.4. The molecule has 1 heterocycles. The third-order valence-electron chi connectivity index (χ3n) is 6.72. The Kier molecular flexibility index (Phi) is 9.36. The molecule has 1 unspecified atom stereocenters. The summed E-state index contributed by atoms with van der Waals surface area (Å²) in [7, 11) is 1.56. The fraction of sp³-hybridized carbons (Fsp3) is 0.556. The van der Waals surface area contributed by atoms with Crippen molar-refractivity contribution in [2.75, 3.05) is 20.3 Å². The van der Waals surface area contributed by atoms with Gasteiger partial charge in [0.2, 0.25) is 0 Å². The predicted octanol–water partition coefficient (Wildman–Crippen LogP) is 6.64. The van der Waals surface area contributed by atoms with Gasteiger partial charge in [0.1, 0.15) is 12.2 Å². The average molecular weight is 506 g/mol. The van der Waals surface area contributed by atoms with Gasteiger partial charge in [0.15, 0.2) is 11.5 Å². The van der Waals surface area contributed by atoms with Crippen LogP contribution in [0.5, 0.6) is 11.5 Å². The number of ether oxygens (including phenoxy) is 2. The highest BCUT2D eigenvalue weighted by Crippen LogP contribution is 2.42. The van der Waals surface area contributed by atoms with Gasteiger partial charge in [0.25, 0.3) is 5.91 Å². The molecule has 0 fully saturated rings. The minimum absolute atomic E-state index is 0.0833. The van der Waals surface area contributed by atoms with Crippen LogP contribution in [0.25, 0.3) is 11.1 Å². The summed E-state index contributed by atoms with van der Waals surface area (Å²) >= 11 is 1.36. The Morgan fingerprint density at radius 1 is 1.06 bits per heavy atom. The van der Waals surface area contributed by atoms with Gasteiger partial charge in [-0.05, 0) is 67.3 Å². The number of benzene rings is 1. The van der Waals surface area contributed by atoms with E-state index in [-0.39, 0.29) is 24.5 Å². The average Bonchev–Trinajstić information content (AvgIpc) is 3.23. The van der Waals surface area contributed by atoms with Crippen molar-refractivity contribution in [2.45, 2.75) is 72.8 Å². The van der Waals surface area contributed by atoms with Crippen molar-refractivity contribution in [1.29, 1.82) is 0 Å². The largest absolute Gasteiger partial charge is 0.493 e. The maximum absolute atomic E-state index is 12.9. The Labute approximate surface area is 212 Å². The molecule has 0 bridgehead atoms. The smallest absolute Gasteiger partial charge is 0.414 e. The summed E-state index contributed by atoms with van der Waals surface area (Å²) in [6.07, 6.45) is 0.536. The number of hydrogen-bond acceptors (Lipinski definition) is 6. The van der Waals surface area contributed by atoms with Crippen molar-refractivity contribution in [3.8, 4) is 22.6 Å². The third-order valence-corrected chi connectivity index (χ3v) is 8.00. The van der Waals surface area contributed by atoms with E-state index >= 15 is 0 Å². The number of amides is 2. The summed E-state index contributed by atoms with van der Waals surface area (Å²) in [6, 6.07) is 7.35. The predicted molar refractivity (Wildman–Crippen MR) is 140 cm³/mol. The molecule has 2 N–H and O–H groups in total. The Bertz CT molecular complexity index is 1030. The fourth-order valence-corrected chi connectivity index (χ4v) is 4.98. The number of imide groups is 1. The molecule has 0 saturated carbocycles. The Morgan fingerprint density at radius 2 is 1.69 bits per heavy atom. The van der Waals surface area contributed by atoms with Gasteiger partial charge in [0, 0.05) is 11.4 Å². The molecule has 2 amide bonds. The highest BCUT2D eigenvalue weighted by atomic mass is 32.1. The van der Waals surface area contributed by atoms with Gasteiger partial charge in [-0.3, -0.25) is 4.79 Å². The molecule has 8 heteroatoms. The zero-order valence-corrected chi connectivity index (χ0v) is 22.9. The molecule has 35 heavy (non-hydrogen) atoms. The van der Waals surface area contributed by atoms with E-state index in [4.69, 9.17) is 9.47 Å². The first-order chi connectivity index (χ1) is 16.3. The van der Waals surface area contributed by atoms with Gasteiger partial charge in [-0.25, -0.2) is 9.69 Å². The van der Waals surface area contributed by atoms with Crippen LogP contribution in [-0.2, 0) is 0 Å². The summed E-state index contributed by atoms with van der Waals surface area (Å²) in [5, 5.41) is 20.2. The molecule has 0 spiro atoms. The fourth-order valence-electron chi connectivity index (χ4n) is 3.59. The lowest BCUT2D eigenvalue weighted by Gasteiger charge is -2.36. The molecule has 2 rings (SSSR count). The molecule has 0 radical (unpaired) electrons. The van der Waals surface area contributed by atoms with Gasteiger partial charge in [-0.1, -0.05) is 40.7 Å². The molecule has 0 aliphatic heterocycles. The highest BCUT2D eigenvalue weighted by molar-refractivity contribution is 7.14. The van der Waals surface area contributed by atoms with E-state index in [2.05, 4.69) is 13.8 Å². The molecule has 0 aliphatic carbocycles. The second-order valence-corrected chi connectivity index (χ2v) is 11.0. The quantitative estimate of drug-likeness (QED) is 0.376. The standard InChI is InChI=1S/C27H39NO6S/c1-9-17(10-2)23-19(15-22(35-23)24(29)28(11-3)25(30)31)18-12-13-20(21(14-18)33-8)34-16-27(7,32)26(4,5)6/h12-15,17,32H,9-11,16H2,1-8H3,(H,30,31). The van der Waals surface area contributed by atoms with Gasteiger partial charge < -0.3 is 19.7 Å². The van der Waals surface area contributed by atoms with Crippen molar-refractivity contribution < 1.29 is 29.3 Å². The minimum atomic E-state index is -1.26. The van der Waals surface area contributed by atoms with Crippen molar-refractivity contribution in [3.63, 3.8) is 0 Å². The van der Waals surface area contributed by atoms with E-state index in [0.717, 1.165) is 33.7 Å². The molecule has 0 aliphatic rings. The number of carboxylic acid groups (broad SMARTS) is 1. The topological polar surface area (TPSA) is 96.3 Å². The molecule has 7 nitrogen and oxygen atoms in total. The molecule has 2 aromatic rings. The monoisotopic (exact) mass is 505 g/mol. The van der Waals surface area contributed by atoms with Crippen molar-refractivity contribution in [2.24, 2.45) is 5.41 Å². The first kappa shape index (κ1) is 28.7. The van der Waals surface area contributed by atoms with E-state index in [9.17, 15) is 19.8 Å². The number of thiophene rings is 1. The van der Waals surface area contributed by atoms with Crippen molar-refractivity contribution >= 4 is 23.3 Å². The number of methoxy groups -OCH3 is 1. The first-order valence-electron chi connectivity index (χ1n) is 12.0. The Morgan fingerprint density at radius 3 is 2.17 bits per heavy atom. The number of carbonyl (C=O) groups is 2. The summed E-state index contributed by atoms with van der Waals surface area (Å²) in [5.74, 6) is 0.752. The SMILES string of the molecule is CCC(CC)c1sc(C(=O)N(CC)C(=O)O)cc1-c1ccc(OCC(C)(O)C(C)(C)C)c(OC)c1. The molecule has 1 aromatic heterocycles. The molecule has 194 valence electrons.